The van der Waals surface area contributed by atoms with Gasteiger partial charge < -0.3 is 13.9 Å². The average molecular weight is 442 g/mol. The van der Waals surface area contributed by atoms with Crippen LogP contribution in [-0.4, -0.2) is 31.4 Å². The number of aromatic nitrogens is 5. The summed E-state index contributed by atoms with van der Waals surface area (Å²) in [5.74, 6) is 1.22. The van der Waals surface area contributed by atoms with Crippen LogP contribution in [0.1, 0.15) is 29.8 Å². The number of nitrogens with zero attached hydrogens (tertiary/aromatic N) is 5. The Morgan fingerprint density at radius 2 is 1.88 bits per heavy atom. The first kappa shape index (κ1) is 20.9. The Balaban J connectivity index is 1.54. The zero-order chi connectivity index (χ0) is 23.1. The van der Waals surface area contributed by atoms with Crippen molar-refractivity contribution in [2.24, 2.45) is 0 Å². The van der Waals surface area contributed by atoms with Crippen molar-refractivity contribution in [2.75, 3.05) is 7.11 Å². The van der Waals surface area contributed by atoms with Gasteiger partial charge in [-0.3, -0.25) is 0 Å². The summed E-state index contributed by atoms with van der Waals surface area (Å²) in [4.78, 5) is 4.30. The monoisotopic (exact) mass is 441 g/mol. The highest BCUT2D eigenvalue weighted by atomic mass is 19.1. The number of hydrogen-bond acceptors (Lipinski definition) is 4. The summed E-state index contributed by atoms with van der Waals surface area (Å²) in [5, 5.41) is 8.99. The van der Waals surface area contributed by atoms with E-state index in [1.54, 1.807) is 19.5 Å². The van der Waals surface area contributed by atoms with Crippen LogP contribution in [0.5, 0.6) is 5.75 Å². The number of benzene rings is 2. The predicted octanol–water partition coefficient (Wildman–Crippen LogP) is 5.61. The fourth-order valence-corrected chi connectivity index (χ4v) is 4.24. The van der Waals surface area contributed by atoms with E-state index in [0.717, 1.165) is 45.2 Å². The van der Waals surface area contributed by atoms with Crippen LogP contribution in [-0.2, 0) is 0 Å². The highest BCUT2D eigenvalue weighted by Crippen LogP contribution is 2.36. The number of halogens is 1. The van der Waals surface area contributed by atoms with Crippen LogP contribution in [0.15, 0.2) is 67.3 Å². The Kier molecular flexibility index (Phi) is 5.17. The van der Waals surface area contributed by atoms with Gasteiger partial charge in [-0.1, -0.05) is 12.1 Å². The molecule has 33 heavy (non-hydrogen) atoms. The molecule has 0 bridgehead atoms. The maximum atomic E-state index is 14.0. The summed E-state index contributed by atoms with van der Waals surface area (Å²) in [5.41, 5.74) is 6.20. The number of hydrogen-bond donors (Lipinski definition) is 0. The second-order valence-electron chi connectivity index (χ2n) is 8.25. The Morgan fingerprint density at radius 3 is 2.61 bits per heavy atom. The largest absolute Gasteiger partial charge is 0.495 e. The first-order valence-electron chi connectivity index (χ1n) is 10.7. The van der Waals surface area contributed by atoms with Crippen LogP contribution in [0.25, 0.3) is 28.3 Å². The van der Waals surface area contributed by atoms with Crippen LogP contribution in [0.2, 0.25) is 0 Å². The van der Waals surface area contributed by atoms with Crippen LogP contribution < -0.4 is 4.74 Å². The molecule has 6 nitrogen and oxygen atoms in total. The van der Waals surface area contributed by atoms with Gasteiger partial charge in [-0.2, -0.15) is 0 Å². The lowest BCUT2D eigenvalue weighted by atomic mass is 10.0. The highest BCUT2D eigenvalue weighted by molar-refractivity contribution is 5.80. The Morgan fingerprint density at radius 1 is 1.03 bits per heavy atom. The molecule has 2 aliphatic heterocycles. The topological polar surface area (TPSA) is 57.8 Å². The molecule has 0 saturated carbocycles. The summed E-state index contributed by atoms with van der Waals surface area (Å²) in [7, 11) is 1.65. The molecule has 166 valence electrons. The van der Waals surface area contributed by atoms with Crippen molar-refractivity contribution >= 4 is 0 Å². The Labute approximate surface area is 191 Å². The molecule has 3 heterocycles. The normalized spacial score (nSPS) is 12.3. The lowest BCUT2D eigenvalue weighted by molar-refractivity contribution is 0.413. The predicted molar refractivity (Wildman–Crippen MR) is 125 cm³/mol. The minimum atomic E-state index is -0.237. The van der Waals surface area contributed by atoms with Gasteiger partial charge in [0, 0.05) is 23.5 Å². The van der Waals surface area contributed by atoms with Gasteiger partial charge in [0.25, 0.3) is 0 Å². The van der Waals surface area contributed by atoms with Crippen molar-refractivity contribution in [2.45, 2.75) is 26.8 Å². The van der Waals surface area contributed by atoms with E-state index >= 15 is 0 Å². The number of rotatable bonds is 5. The van der Waals surface area contributed by atoms with E-state index in [0.29, 0.717) is 5.75 Å². The molecule has 0 N–H and O–H groups in total. The SMILES string of the molecule is COc1cc(-c2nnc3n([C@H](C)c4cc(C)cc(F)c4)cccc2-3)ccc1-n1cnc(C)c1. The van der Waals surface area contributed by atoms with Gasteiger partial charge in [0.2, 0.25) is 0 Å². The molecule has 0 aliphatic carbocycles. The summed E-state index contributed by atoms with van der Waals surface area (Å²) in [6, 6.07) is 14.9. The van der Waals surface area contributed by atoms with Crippen LogP contribution >= 0.6 is 0 Å². The molecular weight excluding hydrogens is 417 g/mol. The van der Waals surface area contributed by atoms with Gasteiger partial charge in [-0.25, -0.2) is 9.37 Å². The van der Waals surface area contributed by atoms with E-state index in [-0.39, 0.29) is 11.9 Å². The fourth-order valence-electron chi connectivity index (χ4n) is 4.24. The first-order valence-corrected chi connectivity index (χ1v) is 10.7. The van der Waals surface area contributed by atoms with Gasteiger partial charge in [0.1, 0.15) is 17.3 Å². The standard InChI is InChI=1S/C26H24FN5O/c1-16-10-20(12-21(27)11-16)18(3)32-9-5-6-22-25(29-30-26(22)32)19-7-8-23(24(13-19)33-4)31-14-17(2)28-15-31/h5-15,18H,1-4H3/t18-/m1/s1. The van der Waals surface area contributed by atoms with E-state index in [1.165, 1.54) is 6.07 Å². The minimum absolute atomic E-state index is 0.103. The number of imidazole rings is 1. The lowest BCUT2D eigenvalue weighted by Gasteiger charge is -2.20. The average Bonchev–Trinajstić information content (AvgIpc) is 3.43. The summed E-state index contributed by atoms with van der Waals surface area (Å²) >= 11 is 0. The van der Waals surface area contributed by atoms with Crippen molar-refractivity contribution in [1.82, 2.24) is 24.3 Å². The van der Waals surface area contributed by atoms with Crippen molar-refractivity contribution < 1.29 is 9.13 Å². The molecule has 0 amide bonds. The molecule has 3 aromatic rings. The van der Waals surface area contributed by atoms with Gasteiger partial charge in [-0.15, -0.1) is 10.2 Å². The quantitative estimate of drug-likeness (QED) is 0.356. The van der Waals surface area contributed by atoms with Crippen LogP contribution in [0, 0.1) is 19.7 Å². The third-order valence-corrected chi connectivity index (χ3v) is 5.90. The number of ether oxygens (including phenoxy) is 1. The molecule has 0 fully saturated rings. The smallest absolute Gasteiger partial charge is 0.165 e. The van der Waals surface area contributed by atoms with E-state index in [1.807, 2.05) is 78.7 Å². The second kappa shape index (κ2) is 8.16. The third kappa shape index (κ3) is 3.75. The Bertz CT molecular complexity index is 1400. The molecule has 2 aromatic carbocycles. The van der Waals surface area contributed by atoms with Gasteiger partial charge in [-0.05, 0) is 68.3 Å². The molecule has 1 aromatic heterocycles. The number of pyridine rings is 1. The molecule has 0 unspecified atom stereocenters. The maximum absolute atomic E-state index is 14.0. The van der Waals surface area contributed by atoms with E-state index < -0.39 is 0 Å². The first-order chi connectivity index (χ1) is 15.9. The highest BCUT2D eigenvalue weighted by Gasteiger charge is 2.22. The van der Waals surface area contributed by atoms with Gasteiger partial charge in [0.15, 0.2) is 5.82 Å². The molecule has 2 aliphatic rings. The molecule has 0 saturated heterocycles. The van der Waals surface area contributed by atoms with Crippen molar-refractivity contribution in [3.05, 3.63) is 89.9 Å². The summed E-state index contributed by atoms with van der Waals surface area (Å²) in [6.07, 6.45) is 5.67. The van der Waals surface area contributed by atoms with Crippen molar-refractivity contribution in [3.8, 4) is 34.1 Å². The zero-order valence-corrected chi connectivity index (χ0v) is 19.0. The van der Waals surface area contributed by atoms with Crippen molar-refractivity contribution in [1.29, 1.82) is 0 Å². The maximum Gasteiger partial charge on any atom is 0.165 e. The number of fused-ring (bicyclic) bond motifs is 1. The van der Waals surface area contributed by atoms with Gasteiger partial charge >= 0.3 is 0 Å². The van der Waals surface area contributed by atoms with Crippen molar-refractivity contribution in [3.63, 3.8) is 0 Å². The van der Waals surface area contributed by atoms with Crippen LogP contribution in [0.3, 0.4) is 0 Å². The van der Waals surface area contributed by atoms with E-state index in [9.17, 15) is 4.39 Å². The number of methoxy groups -OCH3 is 1. The molecule has 0 radical (unpaired) electrons. The molecule has 1 atom stereocenters. The third-order valence-electron chi connectivity index (χ3n) is 5.90. The second-order valence-corrected chi connectivity index (χ2v) is 8.25. The molecular formula is C26H24FN5O. The minimum Gasteiger partial charge on any atom is -0.495 e. The zero-order valence-electron chi connectivity index (χ0n) is 19.0. The fraction of sp³-hybridized carbons (Fsp3) is 0.192. The molecule has 5 rings (SSSR count). The molecule has 0 spiro atoms. The van der Waals surface area contributed by atoms with E-state index in [4.69, 9.17) is 4.74 Å². The summed E-state index contributed by atoms with van der Waals surface area (Å²) in [6.45, 7) is 5.88. The number of aryl methyl sites for hydroxylation is 2. The molecule has 7 heteroatoms. The Hall–Kier alpha value is -4.00. The van der Waals surface area contributed by atoms with E-state index in [2.05, 4.69) is 15.2 Å². The summed E-state index contributed by atoms with van der Waals surface area (Å²) < 4.78 is 23.6. The lowest BCUT2D eigenvalue weighted by Crippen LogP contribution is -2.11. The van der Waals surface area contributed by atoms with Gasteiger partial charge in [0.05, 0.1) is 30.9 Å². The van der Waals surface area contributed by atoms with Crippen LogP contribution in [0.4, 0.5) is 4.39 Å².